The van der Waals surface area contributed by atoms with E-state index < -0.39 is 0 Å². The van der Waals surface area contributed by atoms with Gasteiger partial charge in [0.25, 0.3) is 0 Å². The van der Waals surface area contributed by atoms with Gasteiger partial charge in [0.05, 0.1) is 12.2 Å². The molecule has 4 heteroatoms. The molecular weight excluding hydrogens is 308 g/mol. The Morgan fingerprint density at radius 1 is 1.09 bits per heavy atom. The summed E-state index contributed by atoms with van der Waals surface area (Å²) in [6.07, 6.45) is 2.71. The van der Waals surface area contributed by atoms with E-state index in [1.165, 1.54) is 18.5 Å². The quantitative estimate of drug-likeness (QED) is 0.923. The second-order valence-electron chi connectivity index (χ2n) is 6.46. The zero-order valence-electron chi connectivity index (χ0n) is 13.0. The van der Waals surface area contributed by atoms with Crippen LogP contribution >= 0.6 is 11.6 Å². The van der Waals surface area contributed by atoms with E-state index in [0.717, 1.165) is 40.9 Å². The van der Waals surface area contributed by atoms with Crippen molar-refractivity contribution in [2.75, 3.05) is 24.5 Å². The zero-order valence-corrected chi connectivity index (χ0v) is 13.8. The normalized spacial score (nSPS) is 20.1. The van der Waals surface area contributed by atoms with Gasteiger partial charge in [-0.15, -0.1) is 0 Å². The van der Waals surface area contributed by atoms with Crippen LogP contribution in [0.4, 0.5) is 5.69 Å². The van der Waals surface area contributed by atoms with Gasteiger partial charge in [-0.1, -0.05) is 41.9 Å². The van der Waals surface area contributed by atoms with E-state index in [-0.39, 0.29) is 6.10 Å². The summed E-state index contributed by atoms with van der Waals surface area (Å²) in [5, 5.41) is 0.744. The van der Waals surface area contributed by atoms with E-state index >= 15 is 0 Å². The number of anilines is 1. The van der Waals surface area contributed by atoms with Gasteiger partial charge in [-0.2, -0.15) is 0 Å². The van der Waals surface area contributed by atoms with Crippen LogP contribution in [0, 0.1) is 5.92 Å². The molecule has 0 aromatic heterocycles. The third kappa shape index (κ3) is 2.91. The second-order valence-corrected chi connectivity index (χ2v) is 6.86. The fourth-order valence-corrected chi connectivity index (χ4v) is 3.48. The minimum absolute atomic E-state index is 0.0323. The Hall–Kier alpha value is -1.71. The van der Waals surface area contributed by atoms with E-state index in [2.05, 4.69) is 23.1 Å². The van der Waals surface area contributed by atoms with Crippen LogP contribution in [0.5, 0.6) is 5.75 Å². The molecule has 1 atom stereocenters. The average Bonchev–Trinajstić information content (AvgIpc) is 3.39. The number of benzene rings is 2. The molecule has 4 rings (SSSR count). The Labute approximate surface area is 142 Å². The maximum absolute atomic E-state index is 6.41. The van der Waals surface area contributed by atoms with Crippen molar-refractivity contribution in [1.82, 2.24) is 0 Å². The lowest BCUT2D eigenvalue weighted by Gasteiger charge is -2.37. The molecule has 1 aliphatic carbocycles. The maximum Gasteiger partial charge on any atom is 0.151 e. The van der Waals surface area contributed by atoms with Crippen molar-refractivity contribution in [3.63, 3.8) is 0 Å². The summed E-state index contributed by atoms with van der Waals surface area (Å²) in [6.45, 7) is 2.49. The minimum atomic E-state index is 0.0323. The van der Waals surface area contributed by atoms with Crippen LogP contribution in [0.3, 0.4) is 0 Å². The number of para-hydroxylation sites is 1. The lowest BCUT2D eigenvalue weighted by molar-refractivity contribution is 0.201. The number of rotatable bonds is 4. The molecule has 120 valence electrons. The topological polar surface area (TPSA) is 38.5 Å². The lowest BCUT2D eigenvalue weighted by atomic mass is 10.0. The summed E-state index contributed by atoms with van der Waals surface area (Å²) in [5.74, 6) is 1.74. The Kier molecular flexibility index (Phi) is 3.92. The van der Waals surface area contributed by atoms with Crippen LogP contribution in [0.25, 0.3) is 11.1 Å². The van der Waals surface area contributed by atoms with Gasteiger partial charge in [0, 0.05) is 29.2 Å². The number of nitrogens with two attached hydrogens (primary N) is 1. The molecule has 0 unspecified atom stereocenters. The first-order valence-corrected chi connectivity index (χ1v) is 8.63. The number of halogens is 1. The van der Waals surface area contributed by atoms with Gasteiger partial charge in [0.2, 0.25) is 0 Å². The van der Waals surface area contributed by atoms with E-state index in [0.29, 0.717) is 6.54 Å². The molecule has 23 heavy (non-hydrogen) atoms. The number of ether oxygens (including phenoxy) is 1. The zero-order chi connectivity index (χ0) is 15.8. The molecule has 1 heterocycles. The van der Waals surface area contributed by atoms with Crippen LogP contribution in [0.2, 0.25) is 5.02 Å². The highest BCUT2D eigenvalue weighted by Crippen LogP contribution is 2.44. The van der Waals surface area contributed by atoms with E-state index in [9.17, 15) is 0 Å². The highest BCUT2D eigenvalue weighted by Gasteiger charge is 2.32. The van der Waals surface area contributed by atoms with E-state index in [4.69, 9.17) is 22.1 Å². The summed E-state index contributed by atoms with van der Waals surface area (Å²) in [4.78, 5) is 2.44. The fourth-order valence-electron chi connectivity index (χ4n) is 3.25. The van der Waals surface area contributed by atoms with Gasteiger partial charge in [-0.05, 0) is 30.9 Å². The van der Waals surface area contributed by atoms with Crippen LogP contribution in [-0.2, 0) is 0 Å². The monoisotopic (exact) mass is 328 g/mol. The third-order valence-electron chi connectivity index (χ3n) is 4.65. The molecule has 2 aromatic carbocycles. The van der Waals surface area contributed by atoms with Gasteiger partial charge in [-0.25, -0.2) is 0 Å². The van der Waals surface area contributed by atoms with Gasteiger partial charge >= 0.3 is 0 Å². The minimum Gasteiger partial charge on any atom is -0.484 e. The van der Waals surface area contributed by atoms with Crippen molar-refractivity contribution in [3.05, 3.63) is 47.5 Å². The van der Waals surface area contributed by atoms with E-state index in [1.807, 2.05) is 24.3 Å². The molecule has 1 fully saturated rings. The second kappa shape index (κ2) is 6.06. The summed E-state index contributed by atoms with van der Waals surface area (Å²) in [7, 11) is 0. The first-order valence-electron chi connectivity index (χ1n) is 8.26. The molecule has 1 aliphatic heterocycles. The first kappa shape index (κ1) is 14.9. The summed E-state index contributed by atoms with van der Waals surface area (Å²) < 4.78 is 6.23. The molecule has 2 N–H and O–H groups in total. The molecule has 1 saturated carbocycles. The predicted octanol–water partition coefficient (Wildman–Crippen LogP) is 3.94. The summed E-state index contributed by atoms with van der Waals surface area (Å²) in [6, 6.07) is 14.2. The molecular formula is C19H21ClN2O. The molecule has 2 aliphatic rings. The number of nitrogens with zero attached hydrogens (tertiary/aromatic N) is 1. The van der Waals surface area contributed by atoms with Crippen LogP contribution in [0.15, 0.2) is 42.5 Å². The van der Waals surface area contributed by atoms with Crippen LogP contribution < -0.4 is 15.4 Å². The standard InChI is InChI=1S/C19H21ClN2O/c20-17-6-2-1-4-15(17)16-5-3-7-18-19(16)23-14(10-21)12-22(18)11-13-8-9-13/h1-7,13-14H,8-12,21H2/t14-/m0/s1. The van der Waals surface area contributed by atoms with Crippen molar-refractivity contribution in [3.8, 4) is 16.9 Å². The molecule has 0 bridgehead atoms. The highest BCUT2D eigenvalue weighted by atomic mass is 35.5. The van der Waals surface area contributed by atoms with Crippen molar-refractivity contribution in [2.24, 2.45) is 11.7 Å². The highest BCUT2D eigenvalue weighted by molar-refractivity contribution is 6.33. The SMILES string of the molecule is NC[C@H]1CN(CC2CC2)c2cccc(-c3ccccc3Cl)c2O1. The third-order valence-corrected chi connectivity index (χ3v) is 4.98. The van der Waals surface area contributed by atoms with Crippen molar-refractivity contribution in [2.45, 2.75) is 18.9 Å². The molecule has 3 nitrogen and oxygen atoms in total. The maximum atomic E-state index is 6.41. The van der Waals surface area contributed by atoms with Gasteiger partial charge in [0.15, 0.2) is 5.75 Å². The fraction of sp³-hybridized carbons (Fsp3) is 0.368. The number of fused-ring (bicyclic) bond motifs is 1. The molecule has 2 aromatic rings. The van der Waals surface area contributed by atoms with Crippen LogP contribution in [0.1, 0.15) is 12.8 Å². The molecule has 0 amide bonds. The van der Waals surface area contributed by atoms with Crippen molar-refractivity contribution < 1.29 is 4.74 Å². The Balaban J connectivity index is 1.79. The molecule has 0 saturated heterocycles. The van der Waals surface area contributed by atoms with Gasteiger partial charge in [0.1, 0.15) is 6.10 Å². The predicted molar refractivity (Wildman–Crippen MR) is 95.3 cm³/mol. The Morgan fingerprint density at radius 3 is 2.61 bits per heavy atom. The summed E-state index contributed by atoms with van der Waals surface area (Å²) >= 11 is 6.41. The average molecular weight is 329 g/mol. The van der Waals surface area contributed by atoms with Crippen LogP contribution in [-0.4, -0.2) is 25.7 Å². The van der Waals surface area contributed by atoms with Gasteiger partial charge < -0.3 is 15.4 Å². The lowest BCUT2D eigenvalue weighted by Crippen LogP contribution is -2.44. The largest absolute Gasteiger partial charge is 0.484 e. The Bertz CT molecular complexity index is 714. The molecule has 0 radical (unpaired) electrons. The van der Waals surface area contributed by atoms with E-state index in [1.54, 1.807) is 0 Å². The van der Waals surface area contributed by atoms with Gasteiger partial charge in [-0.3, -0.25) is 0 Å². The first-order chi connectivity index (χ1) is 11.3. The summed E-state index contributed by atoms with van der Waals surface area (Å²) in [5.41, 5.74) is 9.13. The number of hydrogen-bond acceptors (Lipinski definition) is 3. The Morgan fingerprint density at radius 2 is 1.87 bits per heavy atom. The van der Waals surface area contributed by atoms with Crippen molar-refractivity contribution >= 4 is 17.3 Å². The smallest absolute Gasteiger partial charge is 0.151 e. The molecule has 0 spiro atoms. The van der Waals surface area contributed by atoms with Crippen molar-refractivity contribution in [1.29, 1.82) is 0 Å². The number of hydrogen-bond donors (Lipinski definition) is 1.